The lowest BCUT2D eigenvalue weighted by atomic mass is 10.1. The number of methoxy groups -OCH3 is 1. The standard InChI is InChI=1S/C15H17N3O/c1-9-6-11-12(7-14(9)19-5)16-8-13-15(11)18(4)10(2)17(13)3/h6-8H,2H2,1,3-5H3. The van der Waals surface area contributed by atoms with Crippen LogP contribution in [0.2, 0.25) is 0 Å². The minimum Gasteiger partial charge on any atom is -0.496 e. The van der Waals surface area contributed by atoms with Crippen molar-refractivity contribution in [2.24, 2.45) is 0 Å². The number of aromatic nitrogens is 1. The van der Waals surface area contributed by atoms with E-state index >= 15 is 0 Å². The normalized spacial score (nSPS) is 14.2. The highest BCUT2D eigenvalue weighted by atomic mass is 16.5. The average Bonchev–Trinajstić information content (AvgIpc) is 2.63. The molecule has 0 fully saturated rings. The molecule has 2 aromatic rings. The number of hydrogen-bond acceptors (Lipinski definition) is 4. The third kappa shape index (κ3) is 1.49. The fraction of sp³-hybridized carbons (Fsp3) is 0.267. The van der Waals surface area contributed by atoms with Crippen LogP contribution in [0.3, 0.4) is 0 Å². The first-order chi connectivity index (χ1) is 9.04. The highest BCUT2D eigenvalue weighted by Crippen LogP contribution is 2.44. The molecule has 4 heteroatoms. The number of aryl methyl sites for hydroxylation is 1. The Morgan fingerprint density at radius 2 is 1.95 bits per heavy atom. The second kappa shape index (κ2) is 3.88. The molecule has 0 unspecified atom stereocenters. The Morgan fingerprint density at radius 1 is 1.21 bits per heavy atom. The SMILES string of the molecule is C=C1N(C)c2cnc3cc(OC)c(C)cc3c2N1C. The molecule has 0 bridgehead atoms. The van der Waals surface area contributed by atoms with Crippen molar-refractivity contribution in [3.8, 4) is 5.75 Å². The van der Waals surface area contributed by atoms with E-state index < -0.39 is 0 Å². The summed E-state index contributed by atoms with van der Waals surface area (Å²) < 4.78 is 5.36. The summed E-state index contributed by atoms with van der Waals surface area (Å²) >= 11 is 0. The predicted molar refractivity (Wildman–Crippen MR) is 79.0 cm³/mol. The Bertz CT molecular complexity index is 693. The van der Waals surface area contributed by atoms with Crippen molar-refractivity contribution >= 4 is 22.3 Å². The summed E-state index contributed by atoms with van der Waals surface area (Å²) in [5, 5.41) is 1.13. The Hall–Kier alpha value is -2.23. The van der Waals surface area contributed by atoms with Gasteiger partial charge >= 0.3 is 0 Å². The Balaban J connectivity index is 2.36. The topological polar surface area (TPSA) is 28.6 Å². The van der Waals surface area contributed by atoms with Gasteiger partial charge in [0, 0.05) is 25.5 Å². The van der Waals surface area contributed by atoms with E-state index in [1.165, 1.54) is 0 Å². The van der Waals surface area contributed by atoms with E-state index in [0.29, 0.717) is 0 Å². The summed E-state index contributed by atoms with van der Waals surface area (Å²) in [7, 11) is 5.72. The van der Waals surface area contributed by atoms with Crippen LogP contribution in [-0.2, 0) is 0 Å². The summed E-state index contributed by atoms with van der Waals surface area (Å²) in [5.41, 5.74) is 4.29. The molecule has 1 aliphatic rings. The van der Waals surface area contributed by atoms with Crippen molar-refractivity contribution in [2.45, 2.75) is 6.92 Å². The van der Waals surface area contributed by atoms with Crippen molar-refractivity contribution in [1.82, 2.24) is 4.98 Å². The molecule has 3 rings (SSSR count). The Labute approximate surface area is 112 Å². The number of fused-ring (bicyclic) bond motifs is 3. The van der Waals surface area contributed by atoms with Crippen LogP contribution in [0, 0.1) is 6.92 Å². The van der Waals surface area contributed by atoms with Gasteiger partial charge in [-0.2, -0.15) is 0 Å². The van der Waals surface area contributed by atoms with E-state index in [-0.39, 0.29) is 0 Å². The lowest BCUT2D eigenvalue weighted by molar-refractivity contribution is 0.412. The maximum atomic E-state index is 5.36. The molecule has 1 aliphatic heterocycles. The van der Waals surface area contributed by atoms with E-state index in [0.717, 1.165) is 39.4 Å². The second-order valence-electron chi connectivity index (χ2n) is 4.87. The van der Waals surface area contributed by atoms with Gasteiger partial charge in [0.25, 0.3) is 0 Å². The minimum absolute atomic E-state index is 0.868. The predicted octanol–water partition coefficient (Wildman–Crippen LogP) is 2.91. The zero-order chi connectivity index (χ0) is 13.7. The molecule has 0 amide bonds. The number of pyridine rings is 1. The van der Waals surface area contributed by atoms with E-state index in [1.54, 1.807) is 7.11 Å². The van der Waals surface area contributed by atoms with Gasteiger partial charge in [0.15, 0.2) is 0 Å². The smallest absolute Gasteiger partial charge is 0.123 e. The fourth-order valence-electron chi connectivity index (χ4n) is 2.61. The van der Waals surface area contributed by atoms with Crippen molar-refractivity contribution in [3.05, 3.63) is 36.3 Å². The molecular weight excluding hydrogens is 238 g/mol. The van der Waals surface area contributed by atoms with Gasteiger partial charge in [-0.1, -0.05) is 6.58 Å². The zero-order valence-corrected chi connectivity index (χ0v) is 11.7. The number of ether oxygens (including phenoxy) is 1. The van der Waals surface area contributed by atoms with E-state index in [1.807, 2.05) is 33.3 Å². The number of benzene rings is 1. The van der Waals surface area contributed by atoms with Crippen molar-refractivity contribution < 1.29 is 4.74 Å². The van der Waals surface area contributed by atoms with Crippen molar-refractivity contribution in [1.29, 1.82) is 0 Å². The molecular formula is C15H17N3O. The van der Waals surface area contributed by atoms with Crippen LogP contribution in [0.5, 0.6) is 5.75 Å². The van der Waals surface area contributed by atoms with Crippen LogP contribution >= 0.6 is 0 Å². The summed E-state index contributed by atoms with van der Waals surface area (Å²) in [6.07, 6.45) is 1.89. The maximum absolute atomic E-state index is 5.36. The molecule has 0 radical (unpaired) electrons. The van der Waals surface area contributed by atoms with Crippen LogP contribution in [0.4, 0.5) is 11.4 Å². The van der Waals surface area contributed by atoms with Crippen LogP contribution in [0.1, 0.15) is 5.56 Å². The summed E-state index contributed by atoms with van der Waals surface area (Å²) in [6.45, 7) is 6.14. The third-order valence-electron chi connectivity index (χ3n) is 3.81. The van der Waals surface area contributed by atoms with Gasteiger partial charge < -0.3 is 14.5 Å². The summed E-state index contributed by atoms with van der Waals surface area (Å²) in [4.78, 5) is 8.69. The highest BCUT2D eigenvalue weighted by molar-refractivity contribution is 6.03. The number of nitrogens with zero attached hydrogens (tertiary/aromatic N) is 3. The molecule has 0 saturated carbocycles. The fourth-order valence-corrected chi connectivity index (χ4v) is 2.61. The van der Waals surface area contributed by atoms with Crippen LogP contribution in [0.15, 0.2) is 30.7 Å². The van der Waals surface area contributed by atoms with Gasteiger partial charge in [-0.15, -0.1) is 0 Å². The zero-order valence-electron chi connectivity index (χ0n) is 11.7. The number of hydrogen-bond donors (Lipinski definition) is 0. The summed E-state index contributed by atoms with van der Waals surface area (Å²) in [6, 6.07) is 4.11. The third-order valence-corrected chi connectivity index (χ3v) is 3.81. The van der Waals surface area contributed by atoms with Gasteiger partial charge in [-0.3, -0.25) is 4.98 Å². The summed E-state index contributed by atoms with van der Waals surface area (Å²) in [5.74, 6) is 1.82. The first-order valence-electron chi connectivity index (χ1n) is 6.18. The van der Waals surface area contributed by atoms with Gasteiger partial charge in [0.05, 0.1) is 30.2 Å². The average molecular weight is 255 g/mol. The van der Waals surface area contributed by atoms with Crippen molar-refractivity contribution in [2.75, 3.05) is 31.0 Å². The van der Waals surface area contributed by atoms with Gasteiger partial charge in [-0.25, -0.2) is 0 Å². The molecule has 4 nitrogen and oxygen atoms in total. The first kappa shape index (κ1) is 11.8. The lowest BCUT2D eigenvalue weighted by Crippen LogP contribution is -2.20. The molecule has 2 heterocycles. The molecule has 0 spiro atoms. The van der Waals surface area contributed by atoms with E-state index in [2.05, 4.69) is 27.4 Å². The molecule has 0 atom stereocenters. The minimum atomic E-state index is 0.868. The van der Waals surface area contributed by atoms with Gasteiger partial charge in [0.1, 0.15) is 11.6 Å². The molecule has 0 N–H and O–H groups in total. The molecule has 98 valence electrons. The monoisotopic (exact) mass is 255 g/mol. The molecule has 1 aromatic carbocycles. The van der Waals surface area contributed by atoms with Crippen LogP contribution in [0.25, 0.3) is 10.9 Å². The second-order valence-corrected chi connectivity index (χ2v) is 4.87. The molecule has 1 aromatic heterocycles. The molecule has 0 aliphatic carbocycles. The van der Waals surface area contributed by atoms with Crippen LogP contribution in [-0.4, -0.2) is 26.2 Å². The quantitative estimate of drug-likeness (QED) is 0.783. The molecule has 0 saturated heterocycles. The van der Waals surface area contributed by atoms with Gasteiger partial charge in [-0.05, 0) is 18.6 Å². The molecule has 19 heavy (non-hydrogen) atoms. The first-order valence-corrected chi connectivity index (χ1v) is 6.18. The van der Waals surface area contributed by atoms with E-state index in [4.69, 9.17) is 4.74 Å². The largest absolute Gasteiger partial charge is 0.496 e. The Kier molecular flexibility index (Phi) is 2.42. The number of rotatable bonds is 1. The maximum Gasteiger partial charge on any atom is 0.123 e. The van der Waals surface area contributed by atoms with E-state index in [9.17, 15) is 0 Å². The van der Waals surface area contributed by atoms with Gasteiger partial charge in [0.2, 0.25) is 0 Å². The highest BCUT2D eigenvalue weighted by Gasteiger charge is 2.27. The lowest BCUT2D eigenvalue weighted by Gasteiger charge is -2.16. The van der Waals surface area contributed by atoms with Crippen LogP contribution < -0.4 is 14.5 Å². The Morgan fingerprint density at radius 3 is 2.63 bits per heavy atom. The van der Waals surface area contributed by atoms with Crippen molar-refractivity contribution in [3.63, 3.8) is 0 Å². The number of anilines is 2.